The van der Waals surface area contributed by atoms with Gasteiger partial charge in [0, 0.05) is 0 Å². The van der Waals surface area contributed by atoms with Crippen LogP contribution in [0.2, 0.25) is 0 Å². The van der Waals surface area contributed by atoms with Gasteiger partial charge in [0.25, 0.3) is 0 Å². The second-order valence-electron chi connectivity index (χ2n) is 5.77. The van der Waals surface area contributed by atoms with Gasteiger partial charge in [-0.1, -0.05) is 0 Å². The van der Waals surface area contributed by atoms with Crippen molar-refractivity contribution in [2.75, 3.05) is 0 Å². The molecule has 0 aromatic heterocycles. The molecule has 3 aromatic carbocycles. The normalized spacial score (nSPS) is 11.1. The molecule has 0 aliphatic carbocycles. The molecule has 3 aromatic rings. The molecular formula is C21H16N2O4Se. The van der Waals surface area contributed by atoms with Crippen LogP contribution >= 0.6 is 0 Å². The number of nitro groups is 1. The summed E-state index contributed by atoms with van der Waals surface area (Å²) in [7, 11) is 0. The third-order valence-electron chi connectivity index (χ3n) is 3.72. The number of carbonyl (C=O) groups is 1. The van der Waals surface area contributed by atoms with E-state index in [0.29, 0.717) is 5.71 Å². The topological polar surface area (TPSA) is 81.8 Å². The molecule has 0 heterocycles. The van der Waals surface area contributed by atoms with E-state index < -0.39 is 10.9 Å². The predicted octanol–water partition coefficient (Wildman–Crippen LogP) is 2.57. The third kappa shape index (κ3) is 5.13. The summed E-state index contributed by atoms with van der Waals surface area (Å²) in [5.74, 6) is -0.480. The van der Waals surface area contributed by atoms with Gasteiger partial charge in [0.2, 0.25) is 0 Å². The summed E-state index contributed by atoms with van der Waals surface area (Å²) in [5.41, 5.74) is 2.34. The Bertz CT molecular complexity index is 1000. The Morgan fingerprint density at radius 3 is 1.96 bits per heavy atom. The van der Waals surface area contributed by atoms with Crippen molar-refractivity contribution in [3.05, 3.63) is 100 Å². The molecule has 6 nitrogen and oxygen atoms in total. The van der Waals surface area contributed by atoms with E-state index in [9.17, 15) is 14.9 Å². The standard InChI is InChI=1S/C21H16N2O4Se/c1-15(24)27-22-21(16-5-3-2-4-6-16)17-7-11-19(12-8-17)28-20-13-9-18(10-14-20)23(25)26/h2-14H,1H3/b22-21+. The number of hydrogen-bond acceptors (Lipinski definition) is 5. The summed E-state index contributed by atoms with van der Waals surface area (Å²) in [6.45, 7) is 1.31. The van der Waals surface area contributed by atoms with E-state index in [2.05, 4.69) is 5.16 Å². The number of rotatable bonds is 6. The van der Waals surface area contributed by atoms with Gasteiger partial charge < -0.3 is 0 Å². The van der Waals surface area contributed by atoms with E-state index in [1.807, 2.05) is 54.6 Å². The van der Waals surface area contributed by atoms with E-state index in [-0.39, 0.29) is 20.6 Å². The van der Waals surface area contributed by atoms with Crippen LogP contribution in [0.15, 0.2) is 84.0 Å². The van der Waals surface area contributed by atoms with E-state index in [1.165, 1.54) is 19.1 Å². The molecule has 0 radical (unpaired) electrons. The summed E-state index contributed by atoms with van der Waals surface area (Å²) in [4.78, 5) is 26.4. The van der Waals surface area contributed by atoms with Gasteiger partial charge in [0.05, 0.1) is 0 Å². The number of hydrogen-bond donors (Lipinski definition) is 0. The number of nitrogens with zero attached hydrogens (tertiary/aromatic N) is 2. The average molecular weight is 439 g/mol. The molecule has 0 amide bonds. The molecule has 7 heteroatoms. The number of non-ortho nitro benzene ring substituents is 1. The molecule has 140 valence electrons. The predicted molar refractivity (Wildman–Crippen MR) is 108 cm³/mol. The fourth-order valence-electron chi connectivity index (χ4n) is 2.43. The zero-order chi connectivity index (χ0) is 19.9. The fourth-order valence-corrected chi connectivity index (χ4v) is 4.14. The van der Waals surface area contributed by atoms with Gasteiger partial charge in [-0.3, -0.25) is 0 Å². The van der Waals surface area contributed by atoms with Gasteiger partial charge in [-0.15, -0.1) is 0 Å². The molecule has 0 saturated carbocycles. The minimum absolute atomic E-state index is 0.0214. The van der Waals surface area contributed by atoms with Crippen molar-refractivity contribution in [1.29, 1.82) is 0 Å². The van der Waals surface area contributed by atoms with E-state index in [1.54, 1.807) is 12.1 Å². The van der Waals surface area contributed by atoms with Crippen molar-refractivity contribution in [1.82, 2.24) is 0 Å². The molecule has 0 aliphatic rings. The van der Waals surface area contributed by atoms with Crippen LogP contribution in [0.1, 0.15) is 18.1 Å². The van der Waals surface area contributed by atoms with Crippen LogP contribution in [0.5, 0.6) is 0 Å². The Morgan fingerprint density at radius 2 is 1.43 bits per heavy atom. The van der Waals surface area contributed by atoms with Crippen LogP contribution in [0.3, 0.4) is 0 Å². The van der Waals surface area contributed by atoms with Crippen LogP contribution in [-0.2, 0) is 9.63 Å². The zero-order valence-corrected chi connectivity index (χ0v) is 16.7. The summed E-state index contributed by atoms with van der Waals surface area (Å²) in [5, 5.41) is 14.8. The zero-order valence-electron chi connectivity index (χ0n) is 14.9. The van der Waals surface area contributed by atoms with Crippen LogP contribution in [0.25, 0.3) is 0 Å². The molecule has 0 unspecified atom stereocenters. The van der Waals surface area contributed by atoms with E-state index in [4.69, 9.17) is 4.84 Å². The summed E-state index contributed by atoms with van der Waals surface area (Å²) < 4.78 is 2.16. The first-order valence-corrected chi connectivity index (χ1v) is 10.1. The van der Waals surface area contributed by atoms with Crippen molar-refractivity contribution in [3.8, 4) is 0 Å². The Balaban J connectivity index is 1.81. The molecule has 0 spiro atoms. The molecule has 28 heavy (non-hydrogen) atoms. The molecule has 0 N–H and O–H groups in total. The maximum absolute atomic E-state index is 11.2. The number of oxime groups is 1. The van der Waals surface area contributed by atoms with Gasteiger partial charge >= 0.3 is 168 Å². The SMILES string of the molecule is CC(=O)O/N=C(\c1ccccc1)c1ccc([Se]c2ccc([N+](=O)[O-])cc2)cc1. The summed E-state index contributed by atoms with van der Waals surface area (Å²) >= 11 is 0.0214. The molecule has 0 saturated heterocycles. The van der Waals surface area contributed by atoms with Crippen LogP contribution in [0, 0.1) is 10.1 Å². The summed E-state index contributed by atoms with van der Waals surface area (Å²) in [6, 6.07) is 23.9. The molecule has 0 aliphatic heterocycles. The Hall–Kier alpha value is -3.28. The second-order valence-corrected chi connectivity index (χ2v) is 8.17. The van der Waals surface area contributed by atoms with Gasteiger partial charge in [0.15, 0.2) is 0 Å². The molecule has 3 rings (SSSR count). The molecular weight excluding hydrogens is 423 g/mol. The third-order valence-corrected chi connectivity index (χ3v) is 5.85. The van der Waals surface area contributed by atoms with Crippen LogP contribution < -0.4 is 8.92 Å². The Kier molecular flexibility index (Phi) is 6.32. The van der Waals surface area contributed by atoms with Gasteiger partial charge in [0.1, 0.15) is 0 Å². The molecule has 0 fully saturated rings. The van der Waals surface area contributed by atoms with E-state index >= 15 is 0 Å². The first-order valence-electron chi connectivity index (χ1n) is 8.36. The van der Waals surface area contributed by atoms with Gasteiger partial charge in [-0.05, 0) is 0 Å². The first kappa shape index (κ1) is 19.5. The quantitative estimate of drug-likeness (QED) is 0.194. The molecule has 0 atom stereocenters. The summed E-state index contributed by atoms with van der Waals surface area (Å²) in [6.07, 6.45) is 0. The fraction of sp³-hybridized carbons (Fsp3) is 0.0476. The molecule has 0 bridgehead atoms. The Labute approximate surface area is 168 Å². The Morgan fingerprint density at radius 1 is 0.893 bits per heavy atom. The van der Waals surface area contributed by atoms with Crippen molar-refractivity contribution < 1.29 is 14.6 Å². The maximum atomic E-state index is 11.2. The van der Waals surface area contributed by atoms with E-state index in [0.717, 1.165) is 20.1 Å². The van der Waals surface area contributed by atoms with Gasteiger partial charge in [-0.2, -0.15) is 0 Å². The van der Waals surface area contributed by atoms with Crippen molar-refractivity contribution in [3.63, 3.8) is 0 Å². The van der Waals surface area contributed by atoms with Gasteiger partial charge in [-0.25, -0.2) is 0 Å². The monoisotopic (exact) mass is 440 g/mol. The minimum atomic E-state index is -0.480. The second kappa shape index (κ2) is 9.08. The van der Waals surface area contributed by atoms with Crippen LogP contribution in [0.4, 0.5) is 5.69 Å². The average Bonchev–Trinajstić information content (AvgIpc) is 2.70. The van der Waals surface area contributed by atoms with Crippen molar-refractivity contribution in [2.24, 2.45) is 5.16 Å². The number of benzene rings is 3. The number of nitro benzene ring substituents is 1. The van der Waals surface area contributed by atoms with Crippen molar-refractivity contribution >= 4 is 41.2 Å². The van der Waals surface area contributed by atoms with Crippen molar-refractivity contribution in [2.45, 2.75) is 6.92 Å². The first-order chi connectivity index (χ1) is 13.5. The van der Waals surface area contributed by atoms with Crippen LogP contribution in [-0.4, -0.2) is 31.6 Å². The number of carbonyl (C=O) groups excluding carboxylic acids is 1.